The summed E-state index contributed by atoms with van der Waals surface area (Å²) in [5.74, 6) is -0.104. The predicted octanol–water partition coefficient (Wildman–Crippen LogP) is 4.71. The van der Waals surface area contributed by atoms with E-state index in [4.69, 9.17) is 16.7 Å². The van der Waals surface area contributed by atoms with Crippen molar-refractivity contribution in [3.05, 3.63) is 77.4 Å². The van der Waals surface area contributed by atoms with Crippen molar-refractivity contribution in [1.82, 2.24) is 19.6 Å². The van der Waals surface area contributed by atoms with Crippen LogP contribution in [0.1, 0.15) is 10.5 Å². The number of piperazine rings is 1. The second-order valence-corrected chi connectivity index (χ2v) is 12.3. The number of carbonyl (C=O) groups excluding carboxylic acids is 1. The lowest BCUT2D eigenvalue weighted by molar-refractivity contribution is 0.0657. The molecule has 1 saturated heterocycles. The van der Waals surface area contributed by atoms with Gasteiger partial charge in [0.1, 0.15) is 0 Å². The summed E-state index contributed by atoms with van der Waals surface area (Å²) in [5.41, 5.74) is 2.60. The van der Waals surface area contributed by atoms with Gasteiger partial charge < -0.3 is 9.80 Å². The summed E-state index contributed by atoms with van der Waals surface area (Å²) in [4.78, 5) is 19.4. The van der Waals surface area contributed by atoms with Gasteiger partial charge in [0.25, 0.3) is 5.91 Å². The van der Waals surface area contributed by atoms with Crippen LogP contribution in [0.4, 0.5) is 0 Å². The van der Waals surface area contributed by atoms with E-state index >= 15 is 0 Å². The van der Waals surface area contributed by atoms with Crippen LogP contribution in [-0.2, 0) is 9.84 Å². The van der Waals surface area contributed by atoms with E-state index in [1.54, 1.807) is 28.9 Å². The second-order valence-electron chi connectivity index (χ2n) is 8.84. The Hall–Kier alpha value is -2.98. The van der Waals surface area contributed by atoms with Crippen LogP contribution >= 0.6 is 22.9 Å². The van der Waals surface area contributed by atoms with Gasteiger partial charge >= 0.3 is 0 Å². The Balaban J connectivity index is 1.56. The molecule has 1 aliphatic heterocycles. The molecular formula is C26H25ClN4O3S2. The third-order valence-corrected chi connectivity index (χ3v) is 8.79. The molecule has 0 spiro atoms. The maximum Gasteiger partial charge on any atom is 0.274 e. The zero-order valence-corrected chi connectivity index (χ0v) is 22.3. The van der Waals surface area contributed by atoms with Crippen LogP contribution in [0.15, 0.2) is 71.6 Å². The quantitative estimate of drug-likeness (QED) is 0.366. The van der Waals surface area contributed by atoms with Gasteiger partial charge in [0.05, 0.1) is 26.2 Å². The lowest BCUT2D eigenvalue weighted by Gasteiger charge is -2.31. The van der Waals surface area contributed by atoms with E-state index < -0.39 is 9.84 Å². The van der Waals surface area contributed by atoms with Crippen molar-refractivity contribution in [2.24, 2.45) is 0 Å². The van der Waals surface area contributed by atoms with E-state index in [1.807, 2.05) is 54.4 Å². The molecule has 0 bridgehead atoms. The lowest BCUT2D eigenvalue weighted by atomic mass is 10.2. The number of hydrogen-bond acceptors (Lipinski definition) is 6. The highest BCUT2D eigenvalue weighted by Gasteiger charge is 2.25. The van der Waals surface area contributed by atoms with E-state index in [-0.39, 0.29) is 10.8 Å². The number of likely N-dealkylation sites (N-methyl/N-ethyl adjacent to an activating group) is 1. The van der Waals surface area contributed by atoms with Crippen molar-refractivity contribution in [2.45, 2.75) is 4.90 Å². The molecule has 0 saturated carbocycles. The van der Waals surface area contributed by atoms with Crippen molar-refractivity contribution in [1.29, 1.82) is 0 Å². The van der Waals surface area contributed by atoms with Gasteiger partial charge in [-0.25, -0.2) is 13.1 Å². The Kier molecular flexibility index (Phi) is 6.74. The molecule has 186 valence electrons. The zero-order valence-electron chi connectivity index (χ0n) is 19.9. The van der Waals surface area contributed by atoms with Gasteiger partial charge in [0, 0.05) is 37.3 Å². The van der Waals surface area contributed by atoms with Crippen molar-refractivity contribution < 1.29 is 13.2 Å². The summed E-state index contributed by atoms with van der Waals surface area (Å²) in [6.07, 6.45) is 1.20. The van der Waals surface area contributed by atoms with E-state index in [0.717, 1.165) is 34.1 Å². The van der Waals surface area contributed by atoms with E-state index in [9.17, 15) is 13.2 Å². The fourth-order valence-electron chi connectivity index (χ4n) is 4.15. The minimum atomic E-state index is -3.32. The molecule has 2 aromatic heterocycles. The molecule has 4 aromatic rings. The van der Waals surface area contributed by atoms with Crippen molar-refractivity contribution in [2.75, 3.05) is 39.5 Å². The van der Waals surface area contributed by atoms with Crippen molar-refractivity contribution >= 4 is 38.7 Å². The Labute approximate surface area is 219 Å². The lowest BCUT2D eigenvalue weighted by Crippen LogP contribution is -2.47. The van der Waals surface area contributed by atoms with E-state index in [0.29, 0.717) is 29.5 Å². The number of aromatic nitrogens is 2. The maximum atomic E-state index is 13.3. The number of benzene rings is 2. The molecule has 1 aliphatic rings. The molecule has 7 nitrogen and oxygen atoms in total. The molecule has 36 heavy (non-hydrogen) atoms. The largest absolute Gasteiger partial charge is 0.335 e. The number of amides is 1. The number of rotatable bonds is 5. The molecule has 2 aromatic carbocycles. The van der Waals surface area contributed by atoms with Gasteiger partial charge in [-0.05, 0) is 55.1 Å². The van der Waals surface area contributed by atoms with Gasteiger partial charge in [-0.2, -0.15) is 5.10 Å². The summed E-state index contributed by atoms with van der Waals surface area (Å²) in [6.45, 7) is 2.96. The highest BCUT2D eigenvalue weighted by molar-refractivity contribution is 7.90. The van der Waals surface area contributed by atoms with Crippen LogP contribution in [-0.4, -0.2) is 73.4 Å². The zero-order chi connectivity index (χ0) is 25.4. The second kappa shape index (κ2) is 9.82. The third-order valence-electron chi connectivity index (χ3n) is 6.20. The first kappa shape index (κ1) is 24.7. The van der Waals surface area contributed by atoms with Gasteiger partial charge in [0.2, 0.25) is 0 Å². The fraction of sp³-hybridized carbons (Fsp3) is 0.231. The minimum Gasteiger partial charge on any atom is -0.335 e. The minimum absolute atomic E-state index is 0.104. The van der Waals surface area contributed by atoms with Gasteiger partial charge in [-0.3, -0.25) is 4.79 Å². The number of para-hydroxylation sites is 1. The molecule has 1 amide bonds. The number of nitrogens with zero attached hydrogens (tertiary/aromatic N) is 4. The molecule has 0 unspecified atom stereocenters. The molecule has 0 aliphatic carbocycles. The van der Waals surface area contributed by atoms with Gasteiger partial charge in [-0.15, -0.1) is 11.3 Å². The summed E-state index contributed by atoms with van der Waals surface area (Å²) in [7, 11) is -1.27. The van der Waals surface area contributed by atoms with E-state index in [1.165, 1.54) is 17.6 Å². The smallest absolute Gasteiger partial charge is 0.274 e. The summed E-state index contributed by atoms with van der Waals surface area (Å²) >= 11 is 8.02. The molecule has 10 heteroatoms. The molecule has 3 heterocycles. The van der Waals surface area contributed by atoms with E-state index in [2.05, 4.69) is 4.90 Å². The normalized spacial score (nSPS) is 14.8. The monoisotopic (exact) mass is 540 g/mol. The van der Waals surface area contributed by atoms with Crippen LogP contribution in [0, 0.1) is 0 Å². The average molecular weight is 541 g/mol. The Morgan fingerprint density at radius 3 is 2.39 bits per heavy atom. The fourth-order valence-corrected chi connectivity index (χ4v) is 6.04. The molecule has 5 rings (SSSR count). The van der Waals surface area contributed by atoms with Gasteiger partial charge in [0.15, 0.2) is 15.5 Å². The van der Waals surface area contributed by atoms with Crippen molar-refractivity contribution in [3.63, 3.8) is 0 Å². The van der Waals surface area contributed by atoms with Crippen LogP contribution in [0.5, 0.6) is 0 Å². The molecular weight excluding hydrogens is 516 g/mol. The molecule has 1 fully saturated rings. The third kappa shape index (κ3) is 4.97. The van der Waals surface area contributed by atoms with Crippen LogP contribution < -0.4 is 0 Å². The Bertz CT molecular complexity index is 1540. The SMILES string of the molecule is CN1CCN(C(=O)c2cc(-c3ccc(-c4cccc(S(C)(=O)=O)c4)s3)n(-c3ccccc3Cl)n2)CC1. The molecule has 0 atom stereocenters. The van der Waals surface area contributed by atoms with Gasteiger partial charge in [-0.1, -0.05) is 35.9 Å². The van der Waals surface area contributed by atoms with Crippen LogP contribution in [0.2, 0.25) is 5.02 Å². The number of carbonyl (C=O) groups is 1. The number of halogens is 1. The summed E-state index contributed by atoms with van der Waals surface area (Å²) in [5, 5.41) is 5.22. The average Bonchev–Trinajstić information content (AvgIpc) is 3.52. The highest BCUT2D eigenvalue weighted by Crippen LogP contribution is 2.37. The number of sulfone groups is 1. The molecule has 0 radical (unpaired) electrons. The topological polar surface area (TPSA) is 75.5 Å². The first-order valence-corrected chi connectivity index (χ1v) is 14.5. The van der Waals surface area contributed by atoms with Crippen LogP contribution in [0.3, 0.4) is 0 Å². The Morgan fingerprint density at radius 1 is 0.944 bits per heavy atom. The first-order chi connectivity index (χ1) is 17.2. The van der Waals surface area contributed by atoms with Crippen LogP contribution in [0.25, 0.3) is 26.7 Å². The number of hydrogen-bond donors (Lipinski definition) is 0. The number of thiophene rings is 1. The standard InChI is InChI=1S/C26H25ClN4O3S2/c1-29-12-14-30(15-13-29)26(32)21-17-23(31(28-21)22-9-4-3-8-20(22)27)25-11-10-24(35-25)18-6-5-7-19(16-18)36(2,33)34/h3-11,16-17H,12-15H2,1-2H3. The van der Waals surface area contributed by atoms with Crippen molar-refractivity contribution in [3.8, 4) is 26.7 Å². The summed E-state index contributed by atoms with van der Waals surface area (Å²) < 4.78 is 25.8. The summed E-state index contributed by atoms with van der Waals surface area (Å²) in [6, 6.07) is 20.0. The highest BCUT2D eigenvalue weighted by atomic mass is 35.5. The first-order valence-electron chi connectivity index (χ1n) is 11.4. The predicted molar refractivity (Wildman–Crippen MR) is 144 cm³/mol. The maximum absolute atomic E-state index is 13.3. The Morgan fingerprint density at radius 2 is 1.67 bits per heavy atom. The molecule has 0 N–H and O–H groups in total.